The number of halogens is 1. The highest BCUT2D eigenvalue weighted by Gasteiger charge is 2.13. The number of unbranched alkanes of at least 4 members (excludes halogenated alkanes) is 2. The minimum absolute atomic E-state index is 0.114. The minimum atomic E-state index is -0.145. The van der Waals surface area contributed by atoms with Crippen LogP contribution in [-0.4, -0.2) is 5.24 Å². The Kier molecular flexibility index (Phi) is 7.58. The molecule has 0 amide bonds. The normalized spacial score (nSPS) is 12.9. The highest BCUT2D eigenvalue weighted by molar-refractivity contribution is 6.63. The summed E-state index contributed by atoms with van der Waals surface area (Å²) in [7, 11) is 0. The van der Waals surface area contributed by atoms with Crippen LogP contribution in [0.15, 0.2) is 0 Å². The maximum Gasteiger partial charge on any atom is 0.224 e. The Balaban J connectivity index is 3.56. The van der Waals surface area contributed by atoms with E-state index >= 15 is 0 Å². The highest BCUT2D eigenvalue weighted by atomic mass is 35.5. The molecule has 1 atom stereocenters. The number of hydrogen-bond donors (Lipinski definition) is 0. The second kappa shape index (κ2) is 7.60. The van der Waals surface area contributed by atoms with Crippen molar-refractivity contribution in [2.75, 3.05) is 0 Å². The number of rotatable bonds is 7. The van der Waals surface area contributed by atoms with Gasteiger partial charge < -0.3 is 0 Å². The van der Waals surface area contributed by atoms with Gasteiger partial charge in [-0.05, 0) is 24.4 Å². The molecule has 1 nitrogen and oxygen atoms in total. The lowest BCUT2D eigenvalue weighted by Crippen LogP contribution is -2.08. The lowest BCUT2D eigenvalue weighted by atomic mass is 9.98. The van der Waals surface area contributed by atoms with Crippen molar-refractivity contribution in [1.29, 1.82) is 0 Å². The largest absolute Gasteiger partial charge is 0.281 e. The zero-order valence-corrected chi connectivity index (χ0v) is 8.86. The maximum absolute atomic E-state index is 10.9. The second-order valence-corrected chi connectivity index (χ2v) is 3.66. The number of carbonyl (C=O) groups is 1. The molecule has 0 bridgehead atoms. The molecule has 0 saturated carbocycles. The van der Waals surface area contributed by atoms with Crippen molar-refractivity contribution in [3.05, 3.63) is 0 Å². The van der Waals surface area contributed by atoms with Crippen LogP contribution in [-0.2, 0) is 4.79 Å². The summed E-state index contributed by atoms with van der Waals surface area (Å²) in [5.41, 5.74) is 0. The van der Waals surface area contributed by atoms with Gasteiger partial charge in [-0.15, -0.1) is 0 Å². The highest BCUT2D eigenvalue weighted by Crippen LogP contribution is 2.18. The van der Waals surface area contributed by atoms with Gasteiger partial charge in [0.25, 0.3) is 0 Å². The second-order valence-electron chi connectivity index (χ2n) is 3.29. The van der Waals surface area contributed by atoms with Crippen molar-refractivity contribution in [3.63, 3.8) is 0 Å². The number of carbonyl (C=O) groups excluding carboxylic acids is 1. The molecule has 72 valence electrons. The first-order chi connectivity index (χ1) is 5.72. The fraction of sp³-hybridized carbons (Fsp3) is 0.900. The van der Waals surface area contributed by atoms with E-state index in [1.165, 1.54) is 12.8 Å². The first-order valence-corrected chi connectivity index (χ1v) is 5.29. The van der Waals surface area contributed by atoms with E-state index in [2.05, 4.69) is 13.8 Å². The average molecular weight is 191 g/mol. The summed E-state index contributed by atoms with van der Waals surface area (Å²) in [5.74, 6) is 0.114. The van der Waals surface area contributed by atoms with Crippen LogP contribution in [0.5, 0.6) is 0 Å². The van der Waals surface area contributed by atoms with E-state index in [1.807, 2.05) is 0 Å². The molecule has 0 spiro atoms. The topological polar surface area (TPSA) is 17.1 Å². The van der Waals surface area contributed by atoms with Crippen molar-refractivity contribution in [2.45, 2.75) is 52.4 Å². The molecule has 0 aliphatic heterocycles. The van der Waals surface area contributed by atoms with Gasteiger partial charge in [0.05, 0.1) is 0 Å². The smallest absolute Gasteiger partial charge is 0.224 e. The minimum Gasteiger partial charge on any atom is -0.281 e. The third kappa shape index (κ3) is 5.59. The van der Waals surface area contributed by atoms with Crippen LogP contribution in [0, 0.1) is 5.92 Å². The predicted molar refractivity (Wildman–Crippen MR) is 53.4 cm³/mol. The first-order valence-electron chi connectivity index (χ1n) is 4.91. The molecule has 0 aromatic carbocycles. The molecule has 0 fully saturated rings. The quantitative estimate of drug-likeness (QED) is 0.442. The fourth-order valence-corrected chi connectivity index (χ4v) is 1.58. The van der Waals surface area contributed by atoms with Crippen LogP contribution in [0.2, 0.25) is 0 Å². The average Bonchev–Trinajstić information content (AvgIpc) is 2.03. The summed E-state index contributed by atoms with van der Waals surface area (Å²) in [6.07, 6.45) is 6.53. The molecule has 0 heterocycles. The van der Waals surface area contributed by atoms with Crippen LogP contribution in [0.4, 0.5) is 0 Å². The van der Waals surface area contributed by atoms with Gasteiger partial charge in [-0.25, -0.2) is 0 Å². The third-order valence-corrected chi connectivity index (χ3v) is 2.42. The molecule has 0 aliphatic carbocycles. The molecular formula is C10H19ClO. The van der Waals surface area contributed by atoms with Crippen molar-refractivity contribution < 1.29 is 4.79 Å². The lowest BCUT2D eigenvalue weighted by molar-refractivity contribution is -0.115. The summed E-state index contributed by atoms with van der Waals surface area (Å²) in [4.78, 5) is 10.9. The van der Waals surface area contributed by atoms with Crippen LogP contribution in [0.1, 0.15) is 52.4 Å². The monoisotopic (exact) mass is 190 g/mol. The van der Waals surface area contributed by atoms with Crippen molar-refractivity contribution in [1.82, 2.24) is 0 Å². The van der Waals surface area contributed by atoms with Gasteiger partial charge in [0.2, 0.25) is 5.24 Å². The fourth-order valence-electron chi connectivity index (χ4n) is 1.36. The van der Waals surface area contributed by atoms with Gasteiger partial charge in [-0.1, -0.05) is 39.5 Å². The molecule has 1 unspecified atom stereocenters. The Labute approximate surface area is 80.5 Å². The Hall–Kier alpha value is -0.0400. The van der Waals surface area contributed by atoms with E-state index in [4.69, 9.17) is 11.6 Å². The third-order valence-electron chi connectivity index (χ3n) is 2.11. The summed E-state index contributed by atoms with van der Waals surface area (Å²) in [6, 6.07) is 0. The van der Waals surface area contributed by atoms with E-state index in [9.17, 15) is 4.79 Å². The molecule has 0 rings (SSSR count). The van der Waals surface area contributed by atoms with Crippen LogP contribution in [0.3, 0.4) is 0 Å². The van der Waals surface area contributed by atoms with Gasteiger partial charge in [-0.2, -0.15) is 0 Å². The summed E-state index contributed by atoms with van der Waals surface area (Å²) >= 11 is 5.46. The summed E-state index contributed by atoms with van der Waals surface area (Å²) < 4.78 is 0. The number of hydrogen-bond acceptors (Lipinski definition) is 1. The Morgan fingerprint density at radius 1 is 1.17 bits per heavy atom. The van der Waals surface area contributed by atoms with E-state index in [0.29, 0.717) is 0 Å². The van der Waals surface area contributed by atoms with Crippen LogP contribution < -0.4 is 0 Å². The zero-order chi connectivity index (χ0) is 9.40. The van der Waals surface area contributed by atoms with Crippen molar-refractivity contribution in [3.8, 4) is 0 Å². The molecule has 0 saturated heterocycles. The molecule has 0 aliphatic rings. The van der Waals surface area contributed by atoms with E-state index < -0.39 is 0 Å². The van der Waals surface area contributed by atoms with Crippen molar-refractivity contribution >= 4 is 16.8 Å². The molecule has 2 heteroatoms. The summed E-state index contributed by atoms with van der Waals surface area (Å²) in [6.45, 7) is 4.25. The van der Waals surface area contributed by atoms with Crippen molar-refractivity contribution in [2.24, 2.45) is 5.92 Å². The maximum atomic E-state index is 10.9. The van der Waals surface area contributed by atoms with Gasteiger partial charge in [-0.3, -0.25) is 4.79 Å². The Bertz CT molecular complexity index is 123. The Morgan fingerprint density at radius 2 is 1.83 bits per heavy atom. The van der Waals surface area contributed by atoms with E-state index in [0.717, 1.165) is 25.7 Å². The van der Waals surface area contributed by atoms with Gasteiger partial charge >= 0.3 is 0 Å². The Morgan fingerprint density at radius 3 is 2.25 bits per heavy atom. The SMILES string of the molecule is CCCCCC(CCC)C(=O)Cl. The first kappa shape index (κ1) is 12.0. The molecular weight excluding hydrogens is 172 g/mol. The van der Waals surface area contributed by atoms with Gasteiger partial charge in [0, 0.05) is 5.92 Å². The molecule has 12 heavy (non-hydrogen) atoms. The molecule has 0 aromatic heterocycles. The lowest BCUT2D eigenvalue weighted by Gasteiger charge is -2.09. The molecule has 0 aromatic rings. The molecule has 0 radical (unpaired) electrons. The van der Waals surface area contributed by atoms with E-state index in [-0.39, 0.29) is 11.2 Å². The summed E-state index contributed by atoms with van der Waals surface area (Å²) in [5, 5.41) is -0.145. The molecule has 0 N–H and O–H groups in total. The predicted octanol–water partition coefficient (Wildman–Crippen LogP) is 3.75. The standard InChI is InChI=1S/C10H19ClO/c1-3-5-6-8-9(7-4-2)10(11)12/h9H,3-8H2,1-2H3. The van der Waals surface area contributed by atoms with Gasteiger partial charge in [0.15, 0.2) is 0 Å². The van der Waals surface area contributed by atoms with E-state index in [1.54, 1.807) is 0 Å². The van der Waals surface area contributed by atoms with Crippen LogP contribution >= 0.6 is 11.6 Å². The zero-order valence-electron chi connectivity index (χ0n) is 8.11. The van der Waals surface area contributed by atoms with Gasteiger partial charge in [0.1, 0.15) is 0 Å². The van der Waals surface area contributed by atoms with Crippen LogP contribution in [0.25, 0.3) is 0 Å².